The highest BCUT2D eigenvalue weighted by Crippen LogP contribution is 2.22. The van der Waals surface area contributed by atoms with Crippen LogP contribution in [0, 0.1) is 10.1 Å². The van der Waals surface area contributed by atoms with Crippen LogP contribution in [0.25, 0.3) is 0 Å². The van der Waals surface area contributed by atoms with E-state index < -0.39 is 10.8 Å². The molecule has 0 aromatic heterocycles. The predicted molar refractivity (Wildman–Crippen MR) is 48.2 cm³/mol. The van der Waals surface area contributed by atoms with Crippen LogP contribution in [0.2, 0.25) is 0 Å². The van der Waals surface area contributed by atoms with E-state index in [1.165, 1.54) is 7.05 Å². The maximum atomic E-state index is 11.2. The molecule has 1 aromatic carbocycles. The Morgan fingerprint density at radius 3 is 2.71 bits per heavy atom. The van der Waals surface area contributed by atoms with E-state index in [4.69, 9.17) is 5.11 Å². The van der Waals surface area contributed by atoms with Crippen molar-refractivity contribution >= 4 is 11.6 Å². The van der Waals surface area contributed by atoms with Crippen LogP contribution in [0.5, 0.6) is 5.75 Å². The van der Waals surface area contributed by atoms with Gasteiger partial charge in [-0.1, -0.05) is 0 Å². The number of amides is 1. The molecule has 0 aliphatic carbocycles. The first-order valence-corrected chi connectivity index (χ1v) is 3.75. The molecule has 1 amide bonds. The van der Waals surface area contributed by atoms with Gasteiger partial charge in [-0.25, -0.2) is 0 Å². The first kappa shape index (κ1) is 9.97. The fourth-order valence-corrected chi connectivity index (χ4v) is 1.000. The number of carbonyl (C=O) groups is 1. The Morgan fingerprint density at radius 1 is 1.57 bits per heavy atom. The van der Waals surface area contributed by atoms with Crippen LogP contribution in [0.3, 0.4) is 0 Å². The van der Waals surface area contributed by atoms with Gasteiger partial charge in [-0.05, 0) is 12.1 Å². The Labute approximate surface area is 79.3 Å². The summed E-state index contributed by atoms with van der Waals surface area (Å²) in [5.41, 5.74) is -0.486. The molecule has 0 saturated carbocycles. The van der Waals surface area contributed by atoms with Gasteiger partial charge in [0.25, 0.3) is 11.6 Å². The lowest BCUT2D eigenvalue weighted by Gasteiger charge is -2.01. The van der Waals surface area contributed by atoms with Crippen molar-refractivity contribution in [3.8, 4) is 5.75 Å². The summed E-state index contributed by atoms with van der Waals surface area (Å²) in [5.74, 6) is -0.790. The number of phenols is 1. The van der Waals surface area contributed by atoms with Crippen molar-refractivity contribution in [3.05, 3.63) is 33.9 Å². The molecule has 0 radical (unpaired) electrons. The zero-order chi connectivity index (χ0) is 10.7. The summed E-state index contributed by atoms with van der Waals surface area (Å²) in [6.45, 7) is 0. The lowest BCUT2D eigenvalue weighted by Crippen LogP contribution is -2.19. The third kappa shape index (κ3) is 1.79. The van der Waals surface area contributed by atoms with E-state index in [-0.39, 0.29) is 17.0 Å². The highest BCUT2D eigenvalue weighted by molar-refractivity contribution is 5.98. The minimum absolute atomic E-state index is 0.155. The predicted octanol–water partition coefficient (Wildman–Crippen LogP) is 0.660. The van der Waals surface area contributed by atoms with Gasteiger partial charge in [0.1, 0.15) is 11.3 Å². The summed E-state index contributed by atoms with van der Waals surface area (Å²) in [6.07, 6.45) is 0. The molecule has 2 N–H and O–H groups in total. The van der Waals surface area contributed by atoms with Gasteiger partial charge in [-0.3, -0.25) is 14.9 Å². The summed E-state index contributed by atoms with van der Waals surface area (Å²) >= 11 is 0. The van der Waals surface area contributed by atoms with Gasteiger partial charge in [-0.15, -0.1) is 0 Å². The van der Waals surface area contributed by atoms with E-state index in [0.29, 0.717) is 0 Å². The number of nitrogens with zero attached hydrogens (tertiary/aromatic N) is 1. The minimum Gasteiger partial charge on any atom is -0.508 e. The Morgan fingerprint density at radius 2 is 2.21 bits per heavy atom. The van der Waals surface area contributed by atoms with Gasteiger partial charge in [0.05, 0.1) is 4.92 Å². The van der Waals surface area contributed by atoms with E-state index in [2.05, 4.69) is 5.32 Å². The number of nitro benzene ring substituents is 1. The molecule has 0 aliphatic rings. The minimum atomic E-state index is -0.677. The van der Waals surface area contributed by atoms with Crippen molar-refractivity contribution in [1.82, 2.24) is 5.32 Å². The van der Waals surface area contributed by atoms with Crippen LogP contribution in [-0.4, -0.2) is 23.0 Å². The number of nitro groups is 1. The molecule has 0 unspecified atom stereocenters. The van der Waals surface area contributed by atoms with Gasteiger partial charge in [0.2, 0.25) is 0 Å². The summed E-state index contributed by atoms with van der Waals surface area (Å²) in [4.78, 5) is 21.0. The summed E-state index contributed by atoms with van der Waals surface area (Å²) < 4.78 is 0. The van der Waals surface area contributed by atoms with E-state index in [0.717, 1.165) is 18.2 Å². The second-order valence-corrected chi connectivity index (χ2v) is 2.54. The number of rotatable bonds is 2. The first-order valence-electron chi connectivity index (χ1n) is 3.75. The molecule has 14 heavy (non-hydrogen) atoms. The molecular weight excluding hydrogens is 188 g/mol. The second kappa shape index (κ2) is 3.73. The second-order valence-electron chi connectivity index (χ2n) is 2.54. The molecule has 0 spiro atoms. The van der Waals surface area contributed by atoms with Crippen molar-refractivity contribution in [2.24, 2.45) is 0 Å². The third-order valence-corrected chi connectivity index (χ3v) is 1.65. The lowest BCUT2D eigenvalue weighted by molar-refractivity contribution is -0.385. The highest BCUT2D eigenvalue weighted by atomic mass is 16.6. The number of nitrogens with one attached hydrogen (secondary N) is 1. The quantitative estimate of drug-likeness (QED) is 0.536. The molecule has 6 heteroatoms. The van der Waals surface area contributed by atoms with Gasteiger partial charge >= 0.3 is 0 Å². The number of benzene rings is 1. The SMILES string of the molecule is CNC(=O)c1cc(O)ccc1[N+](=O)[O-]. The van der Waals surface area contributed by atoms with Gasteiger partial charge in [0, 0.05) is 13.1 Å². The lowest BCUT2D eigenvalue weighted by atomic mass is 10.1. The van der Waals surface area contributed by atoms with E-state index >= 15 is 0 Å². The number of aromatic hydroxyl groups is 1. The van der Waals surface area contributed by atoms with Crippen LogP contribution >= 0.6 is 0 Å². The molecule has 0 fully saturated rings. The Kier molecular flexibility index (Phi) is 2.66. The van der Waals surface area contributed by atoms with Gasteiger partial charge in [-0.2, -0.15) is 0 Å². The molecule has 74 valence electrons. The zero-order valence-electron chi connectivity index (χ0n) is 7.35. The fraction of sp³-hybridized carbons (Fsp3) is 0.125. The van der Waals surface area contributed by atoms with Crippen LogP contribution in [0.4, 0.5) is 5.69 Å². The Balaban J connectivity index is 3.29. The van der Waals surface area contributed by atoms with Crippen LogP contribution in [0.1, 0.15) is 10.4 Å². The van der Waals surface area contributed by atoms with Crippen molar-refractivity contribution in [2.75, 3.05) is 7.05 Å². The van der Waals surface area contributed by atoms with Crippen molar-refractivity contribution in [3.63, 3.8) is 0 Å². The largest absolute Gasteiger partial charge is 0.508 e. The normalized spacial score (nSPS) is 9.50. The molecule has 1 aromatic rings. The molecule has 6 nitrogen and oxygen atoms in total. The number of hydrogen-bond acceptors (Lipinski definition) is 4. The van der Waals surface area contributed by atoms with Gasteiger partial charge < -0.3 is 10.4 Å². The van der Waals surface area contributed by atoms with Crippen molar-refractivity contribution in [2.45, 2.75) is 0 Å². The molecule has 0 saturated heterocycles. The van der Waals surface area contributed by atoms with Crippen molar-refractivity contribution < 1.29 is 14.8 Å². The number of hydrogen-bond donors (Lipinski definition) is 2. The number of phenolic OH excluding ortho intramolecular Hbond substituents is 1. The van der Waals surface area contributed by atoms with Crippen LogP contribution < -0.4 is 5.32 Å². The van der Waals surface area contributed by atoms with E-state index in [9.17, 15) is 14.9 Å². The molecule has 1 rings (SSSR count). The molecule has 0 atom stereocenters. The topological polar surface area (TPSA) is 92.5 Å². The summed E-state index contributed by atoms with van der Waals surface area (Å²) in [7, 11) is 1.36. The smallest absolute Gasteiger partial charge is 0.282 e. The van der Waals surface area contributed by atoms with E-state index in [1.807, 2.05) is 0 Å². The van der Waals surface area contributed by atoms with Gasteiger partial charge in [0.15, 0.2) is 0 Å². The molecule has 0 aliphatic heterocycles. The standard InChI is InChI=1S/C8H8N2O4/c1-9-8(12)6-4-5(11)2-3-7(6)10(13)14/h2-4,11H,1H3,(H,9,12). The average Bonchev–Trinajstić information content (AvgIpc) is 2.16. The van der Waals surface area contributed by atoms with Crippen molar-refractivity contribution in [1.29, 1.82) is 0 Å². The van der Waals surface area contributed by atoms with Crippen LogP contribution in [-0.2, 0) is 0 Å². The average molecular weight is 196 g/mol. The third-order valence-electron chi connectivity index (χ3n) is 1.65. The number of carbonyl (C=O) groups excluding carboxylic acids is 1. The molecule has 0 bridgehead atoms. The van der Waals surface area contributed by atoms with Crippen LogP contribution in [0.15, 0.2) is 18.2 Å². The first-order chi connectivity index (χ1) is 6.56. The zero-order valence-corrected chi connectivity index (χ0v) is 7.35. The maximum absolute atomic E-state index is 11.2. The highest BCUT2D eigenvalue weighted by Gasteiger charge is 2.19. The Hall–Kier alpha value is -2.11. The van der Waals surface area contributed by atoms with E-state index in [1.54, 1.807) is 0 Å². The Bertz CT molecular complexity index is 389. The monoisotopic (exact) mass is 196 g/mol. The molecular formula is C8H8N2O4. The molecule has 0 heterocycles. The summed E-state index contributed by atoms with van der Waals surface area (Å²) in [5, 5.41) is 21.8. The maximum Gasteiger partial charge on any atom is 0.282 e. The fourth-order valence-electron chi connectivity index (χ4n) is 1.000. The summed E-state index contributed by atoms with van der Waals surface area (Å²) in [6, 6.07) is 3.29.